The van der Waals surface area contributed by atoms with Crippen LogP contribution in [0.2, 0.25) is 0 Å². The van der Waals surface area contributed by atoms with Crippen molar-refractivity contribution in [2.24, 2.45) is 0 Å². The van der Waals surface area contributed by atoms with Gasteiger partial charge in [0.25, 0.3) is 0 Å². The fourth-order valence-corrected chi connectivity index (χ4v) is 2.56. The zero-order chi connectivity index (χ0) is 11.3. The van der Waals surface area contributed by atoms with Crippen LogP contribution < -0.4 is 0 Å². The summed E-state index contributed by atoms with van der Waals surface area (Å²) in [6.07, 6.45) is 3.81. The molecule has 1 fully saturated rings. The highest BCUT2D eigenvalue weighted by molar-refractivity contribution is 7.38. The zero-order valence-electron chi connectivity index (χ0n) is 9.70. The maximum absolute atomic E-state index is 11.8. The third-order valence-electron chi connectivity index (χ3n) is 2.76. The van der Waals surface area contributed by atoms with Crippen molar-refractivity contribution in [3.05, 3.63) is 12.2 Å². The second kappa shape index (κ2) is 6.07. The molecule has 0 bridgehead atoms. The Kier molecular flexibility index (Phi) is 5.04. The van der Waals surface area contributed by atoms with Crippen LogP contribution in [0.1, 0.15) is 32.6 Å². The van der Waals surface area contributed by atoms with Gasteiger partial charge in [-0.1, -0.05) is 13.5 Å². The topological polar surface area (TPSA) is 20.3 Å². The summed E-state index contributed by atoms with van der Waals surface area (Å²) in [7, 11) is 1.22. The number of carbonyl (C=O) groups excluding carboxylic acids is 1. The van der Waals surface area contributed by atoms with E-state index in [1.165, 1.54) is 8.20 Å². The van der Waals surface area contributed by atoms with E-state index in [1.54, 1.807) is 0 Å². The minimum Gasteiger partial charge on any atom is -0.336 e. The van der Waals surface area contributed by atoms with Gasteiger partial charge < -0.3 is 4.90 Å². The number of carbonyl (C=O) groups is 1. The predicted molar refractivity (Wildman–Crippen MR) is 67.7 cm³/mol. The average molecular weight is 225 g/mol. The van der Waals surface area contributed by atoms with Gasteiger partial charge in [0.15, 0.2) is 0 Å². The highest BCUT2D eigenvalue weighted by Crippen LogP contribution is 2.23. The molecule has 0 aromatic heterocycles. The largest absolute Gasteiger partial charge is 0.336 e. The van der Waals surface area contributed by atoms with Gasteiger partial charge in [0, 0.05) is 13.0 Å². The number of likely N-dealkylation sites (tertiary alicyclic amines) is 1. The fourth-order valence-electron chi connectivity index (χ4n) is 2.06. The highest BCUT2D eigenvalue weighted by atomic mass is 31.1. The van der Waals surface area contributed by atoms with Crippen LogP contribution in [0.4, 0.5) is 0 Å². The summed E-state index contributed by atoms with van der Waals surface area (Å²) >= 11 is 0. The van der Waals surface area contributed by atoms with E-state index in [4.69, 9.17) is 0 Å². The third kappa shape index (κ3) is 3.17. The zero-order valence-corrected chi connectivity index (χ0v) is 10.6. The standard InChI is InChI=1S/C12H20NOP/c1-4-6-12(14)13-8-5-7-11(13)10(2)9-15-3/h9,11H,2,4-8H2,1,3H3. The van der Waals surface area contributed by atoms with E-state index in [-0.39, 0.29) is 6.04 Å². The van der Waals surface area contributed by atoms with Gasteiger partial charge in [0.05, 0.1) is 6.04 Å². The van der Waals surface area contributed by atoms with Crippen molar-refractivity contribution in [3.63, 3.8) is 0 Å². The molecule has 1 rings (SSSR count). The summed E-state index contributed by atoms with van der Waals surface area (Å²) in [5.41, 5.74) is 1.11. The van der Waals surface area contributed by atoms with Gasteiger partial charge in [-0.15, -0.1) is 8.20 Å². The Morgan fingerprint density at radius 2 is 2.40 bits per heavy atom. The summed E-state index contributed by atoms with van der Waals surface area (Å²) in [6.45, 7) is 9.11. The predicted octanol–water partition coefficient (Wildman–Crippen LogP) is 2.71. The lowest BCUT2D eigenvalue weighted by atomic mass is 10.1. The average Bonchev–Trinajstić information content (AvgIpc) is 2.66. The van der Waals surface area contributed by atoms with Crippen molar-refractivity contribution >= 4 is 19.9 Å². The van der Waals surface area contributed by atoms with Gasteiger partial charge >= 0.3 is 0 Å². The van der Waals surface area contributed by atoms with Crippen LogP contribution in [0.15, 0.2) is 12.2 Å². The molecule has 84 valence electrons. The molecule has 0 N–H and O–H groups in total. The van der Waals surface area contributed by atoms with Crippen LogP contribution in [-0.4, -0.2) is 35.9 Å². The monoisotopic (exact) mass is 225 g/mol. The first kappa shape index (κ1) is 12.4. The molecule has 1 aliphatic heterocycles. The van der Waals surface area contributed by atoms with Gasteiger partial charge in [-0.3, -0.25) is 4.79 Å². The van der Waals surface area contributed by atoms with Crippen LogP contribution >= 0.6 is 8.20 Å². The molecule has 1 heterocycles. The summed E-state index contributed by atoms with van der Waals surface area (Å²) < 4.78 is 0. The Hall–Kier alpha value is -0.620. The first-order chi connectivity index (χ1) is 7.20. The molecule has 0 aromatic rings. The van der Waals surface area contributed by atoms with Crippen molar-refractivity contribution in [2.45, 2.75) is 38.6 Å². The van der Waals surface area contributed by atoms with Crippen molar-refractivity contribution in [1.29, 1.82) is 0 Å². The lowest BCUT2D eigenvalue weighted by molar-refractivity contribution is -0.131. The fraction of sp³-hybridized carbons (Fsp3) is 0.667. The van der Waals surface area contributed by atoms with Crippen molar-refractivity contribution in [3.8, 4) is 0 Å². The third-order valence-corrected chi connectivity index (χ3v) is 3.35. The maximum Gasteiger partial charge on any atom is 0.223 e. The van der Waals surface area contributed by atoms with Crippen molar-refractivity contribution < 1.29 is 4.79 Å². The lowest BCUT2D eigenvalue weighted by Gasteiger charge is -2.25. The van der Waals surface area contributed by atoms with E-state index < -0.39 is 0 Å². The van der Waals surface area contributed by atoms with Crippen LogP contribution in [0.3, 0.4) is 0 Å². The molecule has 3 heteroatoms. The molecule has 1 amide bonds. The summed E-state index contributed by atoms with van der Waals surface area (Å²) in [5, 5.41) is 0. The summed E-state index contributed by atoms with van der Waals surface area (Å²) in [5.74, 6) is 2.41. The molecular weight excluding hydrogens is 205 g/mol. The number of hydrogen-bond donors (Lipinski definition) is 0. The minimum atomic E-state index is 0.275. The first-order valence-corrected chi connectivity index (χ1v) is 7.02. The molecule has 0 radical (unpaired) electrons. The summed E-state index contributed by atoms with van der Waals surface area (Å²) in [6, 6.07) is 0.275. The minimum absolute atomic E-state index is 0.275. The Balaban J connectivity index is 2.64. The second-order valence-electron chi connectivity index (χ2n) is 3.96. The normalized spacial score (nSPS) is 21.2. The Morgan fingerprint density at radius 1 is 1.67 bits per heavy atom. The SMILES string of the molecule is C=C(C=PC)C1CCCN1C(=O)CCC. The van der Waals surface area contributed by atoms with Gasteiger partial charge in [-0.25, -0.2) is 0 Å². The molecule has 2 nitrogen and oxygen atoms in total. The first-order valence-electron chi connectivity index (χ1n) is 5.61. The van der Waals surface area contributed by atoms with Gasteiger partial charge in [-0.2, -0.15) is 0 Å². The number of nitrogens with zero attached hydrogens (tertiary/aromatic N) is 1. The highest BCUT2D eigenvalue weighted by Gasteiger charge is 2.28. The lowest BCUT2D eigenvalue weighted by Crippen LogP contribution is -2.36. The molecule has 1 unspecified atom stereocenters. The van der Waals surface area contributed by atoms with E-state index in [2.05, 4.69) is 26.0 Å². The van der Waals surface area contributed by atoms with E-state index in [9.17, 15) is 4.79 Å². The second-order valence-corrected chi connectivity index (χ2v) is 4.73. The number of rotatable bonds is 4. The molecule has 1 aliphatic rings. The van der Waals surface area contributed by atoms with E-state index in [1.807, 2.05) is 4.90 Å². The Bertz CT molecular complexity index is 273. The Labute approximate surface area is 94.2 Å². The summed E-state index contributed by atoms with van der Waals surface area (Å²) in [4.78, 5) is 13.8. The smallest absolute Gasteiger partial charge is 0.223 e. The number of hydrogen-bond acceptors (Lipinski definition) is 1. The van der Waals surface area contributed by atoms with Crippen molar-refractivity contribution in [2.75, 3.05) is 13.2 Å². The van der Waals surface area contributed by atoms with E-state index in [0.29, 0.717) is 12.3 Å². The van der Waals surface area contributed by atoms with E-state index >= 15 is 0 Å². The quantitative estimate of drug-likeness (QED) is 0.674. The molecule has 0 aliphatic carbocycles. The number of amides is 1. The van der Waals surface area contributed by atoms with E-state index in [0.717, 1.165) is 31.4 Å². The van der Waals surface area contributed by atoms with Gasteiger partial charge in [0.1, 0.15) is 0 Å². The molecular formula is C12H20NOP. The van der Waals surface area contributed by atoms with Crippen LogP contribution in [0, 0.1) is 0 Å². The maximum atomic E-state index is 11.8. The molecule has 0 spiro atoms. The molecule has 1 atom stereocenters. The Morgan fingerprint density at radius 3 is 3.00 bits per heavy atom. The van der Waals surface area contributed by atoms with Crippen LogP contribution in [0.25, 0.3) is 0 Å². The molecule has 0 saturated carbocycles. The van der Waals surface area contributed by atoms with Gasteiger partial charge in [0.2, 0.25) is 5.91 Å². The van der Waals surface area contributed by atoms with Crippen LogP contribution in [-0.2, 0) is 4.79 Å². The van der Waals surface area contributed by atoms with Crippen LogP contribution in [0.5, 0.6) is 0 Å². The van der Waals surface area contributed by atoms with Crippen molar-refractivity contribution in [1.82, 2.24) is 4.90 Å². The molecule has 0 aromatic carbocycles. The molecule has 1 saturated heterocycles. The molecule has 15 heavy (non-hydrogen) atoms. The van der Waals surface area contributed by atoms with Gasteiger partial charge in [-0.05, 0) is 37.3 Å².